The van der Waals surface area contributed by atoms with Gasteiger partial charge in [-0.15, -0.1) is 0 Å². The van der Waals surface area contributed by atoms with Gasteiger partial charge in [-0.3, -0.25) is 14.5 Å². The highest BCUT2D eigenvalue weighted by Gasteiger charge is 2.51. The lowest BCUT2D eigenvalue weighted by molar-refractivity contribution is -0.258. The highest BCUT2D eigenvalue weighted by molar-refractivity contribution is 5.94. The topological polar surface area (TPSA) is 86.9 Å². The van der Waals surface area contributed by atoms with E-state index in [1.54, 1.807) is 4.90 Å². The van der Waals surface area contributed by atoms with Crippen LogP contribution in [0.25, 0.3) is 0 Å². The Morgan fingerprint density at radius 1 is 1.21 bits per heavy atom. The molecule has 2 amide bonds. The number of primary amides is 1. The van der Waals surface area contributed by atoms with Gasteiger partial charge in [-0.25, -0.2) is 0 Å². The van der Waals surface area contributed by atoms with Crippen LogP contribution in [-0.2, 0) is 10.4 Å². The van der Waals surface area contributed by atoms with Crippen LogP contribution in [0.5, 0.6) is 0 Å². The number of halogens is 3. The standard InChI is InChI=1S/C20H26F3N3O3/c1-13-11-25(12-19(7-8-19)17(24)28)9-10-26(13)16(27)14-3-5-15(6-4-14)18(2,29)20(21,22)23/h3-6,13,29H,7-12H2,1-2H3,(H2,24,28)/t13-,18+/m1/s1. The Morgan fingerprint density at radius 2 is 1.79 bits per heavy atom. The number of rotatable bonds is 5. The molecule has 0 unspecified atom stereocenters. The fourth-order valence-electron chi connectivity index (χ4n) is 3.81. The first-order chi connectivity index (χ1) is 13.4. The molecule has 29 heavy (non-hydrogen) atoms. The lowest BCUT2D eigenvalue weighted by Crippen LogP contribution is -2.55. The van der Waals surface area contributed by atoms with Gasteiger partial charge in [0.1, 0.15) is 0 Å². The fraction of sp³-hybridized carbons (Fsp3) is 0.600. The SMILES string of the molecule is C[C@@H]1CN(CC2(C(N)=O)CC2)CCN1C(=O)c1ccc([C@](C)(O)C(F)(F)F)cc1. The van der Waals surface area contributed by atoms with Crippen LogP contribution in [-0.4, -0.2) is 65.1 Å². The number of nitrogens with zero attached hydrogens (tertiary/aromatic N) is 2. The van der Waals surface area contributed by atoms with Gasteiger partial charge in [0.25, 0.3) is 5.91 Å². The lowest BCUT2D eigenvalue weighted by atomic mass is 9.94. The van der Waals surface area contributed by atoms with Gasteiger partial charge in [0.2, 0.25) is 5.91 Å². The molecule has 2 aliphatic rings. The molecule has 2 fully saturated rings. The van der Waals surface area contributed by atoms with Crippen LogP contribution in [0.15, 0.2) is 24.3 Å². The monoisotopic (exact) mass is 413 g/mol. The number of benzene rings is 1. The molecule has 9 heteroatoms. The van der Waals surface area contributed by atoms with Gasteiger partial charge in [0, 0.05) is 37.8 Å². The molecule has 0 spiro atoms. The number of hydrogen-bond donors (Lipinski definition) is 2. The first kappa shape index (κ1) is 21.6. The molecule has 3 rings (SSSR count). The second-order valence-electron chi connectivity index (χ2n) is 8.37. The van der Waals surface area contributed by atoms with E-state index in [1.807, 2.05) is 6.92 Å². The van der Waals surface area contributed by atoms with Gasteiger partial charge in [-0.05, 0) is 44.4 Å². The second kappa shape index (κ2) is 7.28. The van der Waals surface area contributed by atoms with Crippen molar-refractivity contribution in [1.82, 2.24) is 9.80 Å². The number of carbonyl (C=O) groups is 2. The molecule has 0 radical (unpaired) electrons. The summed E-state index contributed by atoms with van der Waals surface area (Å²) >= 11 is 0. The predicted octanol–water partition coefficient (Wildman–Crippen LogP) is 1.87. The molecule has 0 bridgehead atoms. The minimum atomic E-state index is -4.81. The Balaban J connectivity index is 1.65. The minimum Gasteiger partial charge on any atom is -0.376 e. The van der Waals surface area contributed by atoms with E-state index in [2.05, 4.69) is 4.90 Å². The van der Waals surface area contributed by atoms with E-state index in [0.717, 1.165) is 25.0 Å². The van der Waals surface area contributed by atoms with Crippen molar-refractivity contribution in [2.75, 3.05) is 26.2 Å². The van der Waals surface area contributed by atoms with Crippen molar-refractivity contribution >= 4 is 11.8 Å². The molecule has 1 saturated heterocycles. The molecule has 0 aromatic heterocycles. The molecule has 2 atom stereocenters. The van der Waals surface area contributed by atoms with Gasteiger partial charge >= 0.3 is 6.18 Å². The lowest BCUT2D eigenvalue weighted by Gasteiger charge is -2.41. The number of alkyl halides is 3. The normalized spacial score (nSPS) is 24.1. The number of hydrogen-bond acceptors (Lipinski definition) is 4. The highest BCUT2D eigenvalue weighted by Crippen LogP contribution is 2.46. The fourth-order valence-corrected chi connectivity index (χ4v) is 3.81. The van der Waals surface area contributed by atoms with Crippen LogP contribution in [0.4, 0.5) is 13.2 Å². The zero-order valence-corrected chi connectivity index (χ0v) is 16.5. The molecular formula is C20H26F3N3O3. The maximum atomic E-state index is 13.0. The first-order valence-electron chi connectivity index (χ1n) is 9.60. The summed E-state index contributed by atoms with van der Waals surface area (Å²) in [6.07, 6.45) is -3.22. The van der Waals surface area contributed by atoms with Crippen molar-refractivity contribution < 1.29 is 27.9 Å². The van der Waals surface area contributed by atoms with Crippen molar-refractivity contribution in [2.45, 2.75) is 44.5 Å². The number of piperazine rings is 1. The number of aliphatic hydroxyl groups is 1. The van der Waals surface area contributed by atoms with Crippen LogP contribution in [0, 0.1) is 5.41 Å². The van der Waals surface area contributed by atoms with Crippen LogP contribution in [0.3, 0.4) is 0 Å². The van der Waals surface area contributed by atoms with Crippen LogP contribution >= 0.6 is 0 Å². The Labute approximate surface area is 167 Å². The van der Waals surface area contributed by atoms with Crippen LogP contribution in [0.2, 0.25) is 0 Å². The zero-order chi connectivity index (χ0) is 21.6. The quantitative estimate of drug-likeness (QED) is 0.772. The van der Waals surface area contributed by atoms with E-state index in [4.69, 9.17) is 5.73 Å². The minimum absolute atomic E-state index is 0.113. The summed E-state index contributed by atoms with van der Waals surface area (Å²) in [5.41, 5.74) is 2.02. The Hall–Kier alpha value is -2.13. The Bertz CT molecular complexity index is 788. The third-order valence-corrected chi connectivity index (χ3v) is 6.12. The summed E-state index contributed by atoms with van der Waals surface area (Å²) in [7, 11) is 0. The average Bonchev–Trinajstić information content (AvgIpc) is 3.41. The number of nitrogens with two attached hydrogens (primary N) is 1. The van der Waals surface area contributed by atoms with Gasteiger partial charge in [0.05, 0.1) is 5.41 Å². The van der Waals surface area contributed by atoms with E-state index >= 15 is 0 Å². The molecule has 1 aromatic carbocycles. The number of amides is 2. The second-order valence-corrected chi connectivity index (χ2v) is 8.37. The number of carbonyl (C=O) groups excluding carboxylic acids is 2. The highest BCUT2D eigenvalue weighted by atomic mass is 19.4. The Morgan fingerprint density at radius 3 is 2.24 bits per heavy atom. The zero-order valence-electron chi connectivity index (χ0n) is 16.5. The summed E-state index contributed by atoms with van der Waals surface area (Å²) in [4.78, 5) is 28.2. The van der Waals surface area contributed by atoms with Crippen molar-refractivity contribution in [3.05, 3.63) is 35.4 Å². The largest absolute Gasteiger partial charge is 0.421 e. The third kappa shape index (κ3) is 4.11. The van der Waals surface area contributed by atoms with Gasteiger partial charge in [0.15, 0.2) is 5.60 Å². The molecule has 3 N–H and O–H groups in total. The van der Waals surface area contributed by atoms with Gasteiger partial charge in [-0.1, -0.05) is 12.1 Å². The van der Waals surface area contributed by atoms with Crippen molar-refractivity contribution in [3.63, 3.8) is 0 Å². The van der Waals surface area contributed by atoms with E-state index < -0.39 is 17.2 Å². The van der Waals surface area contributed by atoms with Gasteiger partial charge < -0.3 is 15.7 Å². The van der Waals surface area contributed by atoms with E-state index in [-0.39, 0.29) is 29.0 Å². The molecule has 160 valence electrons. The van der Waals surface area contributed by atoms with E-state index in [0.29, 0.717) is 33.1 Å². The molecule has 1 heterocycles. The maximum absolute atomic E-state index is 13.0. The molecule has 1 aliphatic heterocycles. The van der Waals surface area contributed by atoms with Crippen LogP contribution < -0.4 is 5.73 Å². The van der Waals surface area contributed by atoms with Gasteiger partial charge in [-0.2, -0.15) is 13.2 Å². The maximum Gasteiger partial charge on any atom is 0.421 e. The van der Waals surface area contributed by atoms with Crippen molar-refractivity contribution in [1.29, 1.82) is 0 Å². The molecule has 1 aliphatic carbocycles. The van der Waals surface area contributed by atoms with E-state index in [9.17, 15) is 27.9 Å². The summed E-state index contributed by atoms with van der Waals surface area (Å²) in [5, 5.41) is 9.75. The van der Waals surface area contributed by atoms with Crippen molar-refractivity contribution in [2.24, 2.45) is 11.1 Å². The van der Waals surface area contributed by atoms with E-state index in [1.165, 1.54) is 12.1 Å². The first-order valence-corrected chi connectivity index (χ1v) is 9.60. The third-order valence-electron chi connectivity index (χ3n) is 6.12. The average molecular weight is 413 g/mol. The molecular weight excluding hydrogens is 387 g/mol. The summed E-state index contributed by atoms with van der Waals surface area (Å²) < 4.78 is 38.9. The van der Waals surface area contributed by atoms with Crippen LogP contribution in [0.1, 0.15) is 42.6 Å². The van der Waals surface area contributed by atoms with Crippen molar-refractivity contribution in [3.8, 4) is 0 Å². The molecule has 6 nitrogen and oxygen atoms in total. The summed E-state index contributed by atoms with van der Waals surface area (Å²) in [6.45, 7) is 4.83. The summed E-state index contributed by atoms with van der Waals surface area (Å²) in [6, 6.07) is 4.77. The Kier molecular flexibility index (Phi) is 5.42. The molecule has 1 saturated carbocycles. The molecule has 1 aromatic rings. The smallest absolute Gasteiger partial charge is 0.376 e. The summed E-state index contributed by atoms with van der Waals surface area (Å²) in [5.74, 6) is -0.551. The predicted molar refractivity (Wildman–Crippen MR) is 99.9 cm³/mol.